The van der Waals surface area contributed by atoms with Gasteiger partial charge in [0.1, 0.15) is 5.75 Å². The van der Waals surface area contributed by atoms with Gasteiger partial charge in [-0.15, -0.1) is 0 Å². The van der Waals surface area contributed by atoms with Gasteiger partial charge >= 0.3 is 7.82 Å². The van der Waals surface area contributed by atoms with Crippen molar-refractivity contribution in [1.82, 2.24) is 0 Å². The normalized spacial score (nSPS) is 11.0. The van der Waals surface area contributed by atoms with Crippen LogP contribution in [0.4, 0.5) is 0 Å². The molecule has 10 heteroatoms. The molecule has 0 saturated carbocycles. The molecular weight excluding hydrogens is 559 g/mol. The third-order valence-corrected chi connectivity index (χ3v) is 7.61. The number of carbonyl (C=O) groups excluding carboxylic acids is 2. The summed E-state index contributed by atoms with van der Waals surface area (Å²) in [5.41, 5.74) is 0. The Morgan fingerprint density at radius 1 is 0.962 bits per heavy atom. The van der Waals surface area contributed by atoms with Gasteiger partial charge in [-0.3, -0.25) is 18.6 Å². The molecular formula is C16H16Br3O6P. The lowest BCUT2D eigenvalue weighted by atomic mass is 10.3. The highest BCUT2D eigenvalue weighted by molar-refractivity contribution is 9.14. The maximum atomic E-state index is 12.9. The van der Waals surface area contributed by atoms with E-state index in [-0.39, 0.29) is 43.4 Å². The lowest BCUT2D eigenvalue weighted by Gasteiger charge is -2.19. The van der Waals surface area contributed by atoms with Crippen LogP contribution in [0.15, 0.2) is 50.9 Å². The highest BCUT2D eigenvalue weighted by Crippen LogP contribution is 2.52. The lowest BCUT2D eigenvalue weighted by molar-refractivity contribution is -0.115. The standard InChI is InChI=1S/C16H16Br3O6P/c1-3-11(20)7-9-23-26(22,24-10-8-12(21)4-2)25-14-6-5-13(17)15(18)16(14)19/h3-6H,1-2,7-10H2. The summed E-state index contributed by atoms with van der Waals surface area (Å²) in [5.74, 6) is -0.342. The summed E-state index contributed by atoms with van der Waals surface area (Å²) in [7, 11) is -4.08. The number of ketones is 2. The van der Waals surface area contributed by atoms with Gasteiger partial charge in [0.15, 0.2) is 11.6 Å². The quantitative estimate of drug-likeness (QED) is 0.179. The fourth-order valence-electron chi connectivity index (χ4n) is 1.51. The lowest BCUT2D eigenvalue weighted by Crippen LogP contribution is -2.09. The van der Waals surface area contributed by atoms with E-state index in [9.17, 15) is 14.2 Å². The first kappa shape index (κ1) is 23.5. The zero-order valence-corrected chi connectivity index (χ0v) is 19.2. The van der Waals surface area contributed by atoms with Crippen LogP contribution in [0.5, 0.6) is 5.75 Å². The Balaban J connectivity index is 2.91. The van der Waals surface area contributed by atoms with E-state index >= 15 is 0 Å². The van der Waals surface area contributed by atoms with Crippen LogP contribution in [0, 0.1) is 0 Å². The van der Waals surface area contributed by atoms with Crippen molar-refractivity contribution in [2.75, 3.05) is 13.2 Å². The molecule has 0 aliphatic rings. The zero-order valence-electron chi connectivity index (χ0n) is 13.6. The second-order valence-corrected chi connectivity index (χ2v) is 8.75. The van der Waals surface area contributed by atoms with Crippen molar-refractivity contribution >= 4 is 67.2 Å². The average molecular weight is 575 g/mol. The number of benzene rings is 1. The Kier molecular flexibility index (Phi) is 10.2. The molecule has 26 heavy (non-hydrogen) atoms. The molecule has 0 unspecified atom stereocenters. The van der Waals surface area contributed by atoms with E-state index in [1.54, 1.807) is 12.1 Å². The van der Waals surface area contributed by atoms with Gasteiger partial charge in [-0.05, 0) is 72.1 Å². The van der Waals surface area contributed by atoms with Gasteiger partial charge < -0.3 is 4.52 Å². The topological polar surface area (TPSA) is 78.9 Å². The number of carbonyl (C=O) groups is 2. The molecule has 0 aliphatic heterocycles. The number of hydrogen-bond acceptors (Lipinski definition) is 6. The summed E-state index contributed by atoms with van der Waals surface area (Å²) >= 11 is 10.00. The van der Waals surface area contributed by atoms with Crippen molar-refractivity contribution in [2.24, 2.45) is 0 Å². The molecule has 0 spiro atoms. The summed E-state index contributed by atoms with van der Waals surface area (Å²) in [6.45, 7) is 6.33. The van der Waals surface area contributed by atoms with Crippen LogP contribution >= 0.6 is 55.6 Å². The predicted octanol–water partition coefficient (Wildman–Crippen LogP) is 5.78. The summed E-state index contributed by atoms with van der Waals surface area (Å²) < 4.78 is 30.6. The maximum absolute atomic E-state index is 12.9. The van der Waals surface area contributed by atoms with Crippen LogP contribution in [0.25, 0.3) is 0 Å². The molecule has 1 rings (SSSR count). The molecule has 0 aliphatic carbocycles. The minimum absolute atomic E-state index is 0.0308. The van der Waals surface area contributed by atoms with Gasteiger partial charge in [0.2, 0.25) is 0 Å². The molecule has 0 saturated heterocycles. The van der Waals surface area contributed by atoms with E-state index in [1.807, 2.05) is 0 Å². The van der Waals surface area contributed by atoms with E-state index < -0.39 is 7.82 Å². The van der Waals surface area contributed by atoms with Gasteiger partial charge in [-0.25, -0.2) is 4.57 Å². The van der Waals surface area contributed by atoms with Crippen molar-refractivity contribution in [1.29, 1.82) is 0 Å². The van der Waals surface area contributed by atoms with Crippen LogP contribution in [0.3, 0.4) is 0 Å². The summed E-state index contributed by atoms with van der Waals surface area (Å²) in [4.78, 5) is 22.6. The molecule has 1 aromatic carbocycles. The fourth-order valence-corrected chi connectivity index (χ4v) is 4.19. The van der Waals surface area contributed by atoms with Crippen LogP contribution in [-0.4, -0.2) is 24.8 Å². The average Bonchev–Trinajstić information content (AvgIpc) is 2.62. The molecule has 0 bridgehead atoms. The largest absolute Gasteiger partial charge is 0.530 e. The van der Waals surface area contributed by atoms with E-state index in [1.165, 1.54) is 0 Å². The highest BCUT2D eigenvalue weighted by atomic mass is 79.9. The Morgan fingerprint density at radius 2 is 1.46 bits per heavy atom. The van der Waals surface area contributed by atoms with Gasteiger partial charge in [-0.1, -0.05) is 13.2 Å². The molecule has 0 heterocycles. The summed E-state index contributed by atoms with van der Waals surface area (Å²) in [6.07, 6.45) is 2.22. The fraction of sp³-hybridized carbons (Fsp3) is 0.250. The number of rotatable bonds is 12. The predicted molar refractivity (Wildman–Crippen MR) is 109 cm³/mol. The summed E-state index contributed by atoms with van der Waals surface area (Å²) in [6, 6.07) is 3.24. The molecule has 142 valence electrons. The first-order valence-corrected chi connectivity index (χ1v) is 11.1. The van der Waals surface area contributed by atoms with E-state index in [2.05, 4.69) is 60.9 Å². The minimum Gasteiger partial charge on any atom is -0.403 e. The monoisotopic (exact) mass is 572 g/mol. The van der Waals surface area contributed by atoms with Crippen molar-refractivity contribution in [3.63, 3.8) is 0 Å². The summed E-state index contributed by atoms with van der Waals surface area (Å²) in [5, 5.41) is 0. The van der Waals surface area contributed by atoms with Crippen LogP contribution in [-0.2, 0) is 23.2 Å². The smallest absolute Gasteiger partial charge is 0.403 e. The van der Waals surface area contributed by atoms with E-state index in [0.29, 0.717) is 8.95 Å². The molecule has 0 atom stereocenters. The maximum Gasteiger partial charge on any atom is 0.530 e. The molecule has 1 aromatic rings. The van der Waals surface area contributed by atoms with Crippen molar-refractivity contribution in [3.8, 4) is 5.75 Å². The van der Waals surface area contributed by atoms with Crippen molar-refractivity contribution < 1.29 is 27.7 Å². The third-order valence-electron chi connectivity index (χ3n) is 2.86. The van der Waals surface area contributed by atoms with Crippen molar-refractivity contribution in [2.45, 2.75) is 12.8 Å². The molecule has 0 aromatic heterocycles. The second kappa shape index (κ2) is 11.3. The molecule has 0 radical (unpaired) electrons. The van der Waals surface area contributed by atoms with E-state index in [0.717, 1.165) is 16.6 Å². The van der Waals surface area contributed by atoms with E-state index in [4.69, 9.17) is 13.6 Å². The molecule has 0 fully saturated rings. The van der Waals surface area contributed by atoms with Crippen molar-refractivity contribution in [3.05, 3.63) is 50.9 Å². The molecule has 0 amide bonds. The number of hydrogen-bond donors (Lipinski definition) is 0. The molecule has 6 nitrogen and oxygen atoms in total. The number of phosphoric ester groups is 1. The Morgan fingerprint density at radius 3 is 1.92 bits per heavy atom. The van der Waals surface area contributed by atoms with Crippen LogP contribution in [0.2, 0.25) is 0 Å². The number of halogens is 3. The van der Waals surface area contributed by atoms with Gasteiger partial charge in [0.25, 0.3) is 0 Å². The first-order chi connectivity index (χ1) is 12.2. The molecule has 0 N–H and O–H groups in total. The van der Waals surface area contributed by atoms with Gasteiger partial charge in [0, 0.05) is 21.8 Å². The minimum atomic E-state index is -4.08. The Hall–Kier alpha value is -0.570. The van der Waals surface area contributed by atoms with Crippen LogP contribution in [0.1, 0.15) is 12.8 Å². The van der Waals surface area contributed by atoms with Gasteiger partial charge in [-0.2, -0.15) is 0 Å². The zero-order chi connectivity index (χ0) is 19.7. The third kappa shape index (κ3) is 7.58. The van der Waals surface area contributed by atoms with Gasteiger partial charge in [0.05, 0.1) is 17.7 Å². The number of allylic oxidation sites excluding steroid dienone is 2. The first-order valence-electron chi connectivity index (χ1n) is 7.25. The SMILES string of the molecule is C=CC(=O)CCOP(=O)(OCCC(=O)C=C)Oc1ccc(Br)c(Br)c1Br. The Bertz CT molecular complexity index is 720. The Labute approximate surface area is 177 Å². The van der Waals surface area contributed by atoms with Crippen LogP contribution < -0.4 is 4.52 Å². The highest BCUT2D eigenvalue weighted by Gasteiger charge is 2.30. The number of phosphoric acid groups is 1. The second-order valence-electron chi connectivity index (χ2n) is 4.72.